The summed E-state index contributed by atoms with van der Waals surface area (Å²) in [5.74, 6) is 0.387. The third kappa shape index (κ3) is 9.76. The van der Waals surface area contributed by atoms with E-state index in [1.54, 1.807) is 56.5 Å². The van der Waals surface area contributed by atoms with Gasteiger partial charge in [0, 0.05) is 65.6 Å². The number of anilines is 2. The summed E-state index contributed by atoms with van der Waals surface area (Å²) in [6, 6.07) is 14.5. The number of piperazine rings is 1. The molecule has 7 rings (SSSR count). The first kappa shape index (κ1) is 44.6. The van der Waals surface area contributed by atoms with Crippen LogP contribution in [0.4, 0.5) is 25.8 Å². The Morgan fingerprint density at radius 3 is 2.29 bits per heavy atom. The number of hydrogen-bond donors (Lipinski definition) is 1. The molecule has 1 fully saturated rings. The van der Waals surface area contributed by atoms with Gasteiger partial charge in [0.05, 0.1) is 29.0 Å². The Kier molecular flexibility index (Phi) is 13.6. The van der Waals surface area contributed by atoms with Crippen molar-refractivity contribution < 1.29 is 47.6 Å². The fourth-order valence-corrected chi connectivity index (χ4v) is 9.38. The molecule has 0 bridgehead atoms. The number of ether oxygens (including phenoxy) is 6. The highest BCUT2D eigenvalue weighted by Gasteiger charge is 2.51. The summed E-state index contributed by atoms with van der Waals surface area (Å²) in [5, 5.41) is 3.51. The molecule has 16 nitrogen and oxygen atoms in total. The van der Waals surface area contributed by atoms with Crippen molar-refractivity contribution in [2.24, 2.45) is 0 Å². The third-order valence-corrected chi connectivity index (χ3v) is 13.1. The third-order valence-electron chi connectivity index (χ3n) is 10.8. The molecule has 0 aliphatic carbocycles. The van der Waals surface area contributed by atoms with E-state index in [2.05, 4.69) is 22.2 Å². The topological polar surface area (TPSA) is 177 Å². The standard InChI is InChI=1S/C44H51N5O11S2/c1-7-30-31-23-29(58-42(54)59-43(3,4)5)13-14-35(31)46-37-32(30)25-49-36(37)24-34-33(38(49)50)26-57-39(51)44(34,8-2)60-41(53)56-20-22-62-61-21-19-55-40(52)45-27-9-11-28(12-10-27)48-17-15-47(6)16-18-48/h9-14,23-24H,7-8,15-22,25-26H2,1-6H3,(H,45,52)/t44-/m0/s1. The van der Waals surface area contributed by atoms with Crippen molar-refractivity contribution in [3.05, 3.63) is 81.1 Å². The van der Waals surface area contributed by atoms with E-state index >= 15 is 0 Å². The van der Waals surface area contributed by atoms with Gasteiger partial charge in [-0.05, 0) is 94.8 Å². The molecule has 0 saturated carbocycles. The number of aryl methyl sites for hydroxylation is 1. The smallest absolute Gasteiger partial charge is 0.457 e. The largest absolute Gasteiger partial charge is 0.514 e. The predicted octanol–water partition coefficient (Wildman–Crippen LogP) is 7.50. The van der Waals surface area contributed by atoms with Crippen LogP contribution < -0.4 is 20.5 Å². The molecule has 62 heavy (non-hydrogen) atoms. The van der Waals surface area contributed by atoms with Crippen LogP contribution in [0.15, 0.2) is 53.3 Å². The van der Waals surface area contributed by atoms with Crippen molar-refractivity contribution in [3.8, 4) is 17.1 Å². The average Bonchev–Trinajstić information content (AvgIpc) is 3.60. The van der Waals surface area contributed by atoms with Gasteiger partial charge in [0.25, 0.3) is 5.56 Å². The maximum absolute atomic E-state index is 14.1. The normalized spacial score (nSPS) is 17.1. The van der Waals surface area contributed by atoms with Gasteiger partial charge in [0.1, 0.15) is 31.2 Å². The number of hydrogen-bond acceptors (Lipinski definition) is 16. The van der Waals surface area contributed by atoms with E-state index in [-0.39, 0.29) is 49.5 Å². The first-order valence-corrected chi connectivity index (χ1v) is 23.1. The highest BCUT2D eigenvalue weighted by atomic mass is 33.1. The minimum atomic E-state index is -1.92. The van der Waals surface area contributed by atoms with Crippen LogP contribution in [-0.2, 0) is 53.7 Å². The monoisotopic (exact) mass is 889 g/mol. The van der Waals surface area contributed by atoms with Crippen LogP contribution in [0.1, 0.15) is 63.3 Å². The van der Waals surface area contributed by atoms with E-state index in [1.165, 1.54) is 21.6 Å². The average molecular weight is 890 g/mol. The van der Waals surface area contributed by atoms with Crippen LogP contribution in [0.5, 0.6) is 5.75 Å². The first-order valence-electron chi connectivity index (χ1n) is 20.6. The molecule has 1 N–H and O–H groups in total. The van der Waals surface area contributed by atoms with Gasteiger partial charge in [-0.15, -0.1) is 0 Å². The number of esters is 1. The number of amides is 1. The summed E-state index contributed by atoms with van der Waals surface area (Å²) in [4.78, 5) is 75.0. The lowest BCUT2D eigenvalue weighted by molar-refractivity contribution is -0.175. The van der Waals surface area contributed by atoms with Crippen LogP contribution in [0.3, 0.4) is 0 Å². The van der Waals surface area contributed by atoms with Crippen molar-refractivity contribution in [2.75, 3.05) is 68.2 Å². The van der Waals surface area contributed by atoms with Crippen molar-refractivity contribution in [3.63, 3.8) is 0 Å². The summed E-state index contributed by atoms with van der Waals surface area (Å²) < 4.78 is 34.3. The van der Waals surface area contributed by atoms with Gasteiger partial charge in [-0.2, -0.15) is 0 Å². The van der Waals surface area contributed by atoms with Crippen LogP contribution in [0.25, 0.3) is 22.3 Å². The molecule has 1 atom stereocenters. The number of nitrogens with one attached hydrogen (secondary N) is 1. The van der Waals surface area contributed by atoms with Gasteiger partial charge in [0.15, 0.2) is 0 Å². The number of fused-ring (bicyclic) bond motifs is 5. The maximum atomic E-state index is 14.1. The van der Waals surface area contributed by atoms with Gasteiger partial charge in [-0.1, -0.05) is 35.4 Å². The molecule has 3 aliphatic rings. The van der Waals surface area contributed by atoms with Crippen molar-refractivity contribution >= 4 is 68.2 Å². The number of rotatable bonds is 13. The number of nitrogens with zero attached hydrogens (tertiary/aromatic N) is 4. The van der Waals surface area contributed by atoms with Crippen molar-refractivity contribution in [1.29, 1.82) is 0 Å². The summed E-state index contributed by atoms with van der Waals surface area (Å²) in [7, 11) is 4.98. The quantitative estimate of drug-likeness (QED) is 0.0404. The van der Waals surface area contributed by atoms with Gasteiger partial charge >= 0.3 is 24.4 Å². The number of carbonyl (C=O) groups excluding carboxylic acids is 4. The highest BCUT2D eigenvalue weighted by Crippen LogP contribution is 2.42. The molecule has 0 unspecified atom stereocenters. The summed E-state index contributed by atoms with van der Waals surface area (Å²) >= 11 is 0. The molecule has 330 valence electrons. The second-order valence-electron chi connectivity index (χ2n) is 16.0. The predicted molar refractivity (Wildman–Crippen MR) is 237 cm³/mol. The molecule has 0 radical (unpaired) electrons. The molecule has 3 aliphatic heterocycles. The van der Waals surface area contributed by atoms with Crippen LogP contribution >= 0.6 is 21.6 Å². The Morgan fingerprint density at radius 1 is 0.903 bits per heavy atom. The molecule has 4 aromatic rings. The van der Waals surface area contributed by atoms with Gasteiger partial charge in [0.2, 0.25) is 5.60 Å². The zero-order valence-electron chi connectivity index (χ0n) is 35.7. The number of aromatic nitrogens is 2. The Morgan fingerprint density at radius 2 is 1.61 bits per heavy atom. The van der Waals surface area contributed by atoms with E-state index in [1.807, 2.05) is 31.2 Å². The minimum Gasteiger partial charge on any atom is -0.457 e. The fourth-order valence-electron chi connectivity index (χ4n) is 7.72. The van der Waals surface area contributed by atoms with E-state index in [4.69, 9.17) is 33.4 Å². The lowest BCUT2D eigenvalue weighted by Crippen LogP contribution is -2.47. The van der Waals surface area contributed by atoms with Crippen LogP contribution in [0, 0.1) is 0 Å². The number of benzene rings is 2. The number of pyridine rings is 2. The molecule has 1 saturated heterocycles. The SMILES string of the molecule is CCc1c2c(nc3ccc(OC(=O)OC(C)(C)C)cc13)-c1cc3c(c(=O)n1C2)COC(=O)[C@@]3(CC)OC(=O)OCCSSCCOC(=O)Nc1ccc(N2CCN(C)CC2)cc1. The molecular weight excluding hydrogens is 839 g/mol. The highest BCUT2D eigenvalue weighted by molar-refractivity contribution is 8.76. The Hall–Kier alpha value is -5.46. The van der Waals surface area contributed by atoms with Crippen LogP contribution in [-0.4, -0.2) is 102 Å². The number of likely N-dealkylation sites (N-methyl/N-ethyl adjacent to an activating group) is 1. The Bertz CT molecular complexity index is 2410. The lowest BCUT2D eigenvalue weighted by atomic mass is 9.85. The zero-order valence-corrected chi connectivity index (χ0v) is 37.3. The van der Waals surface area contributed by atoms with E-state index < -0.39 is 35.6 Å². The van der Waals surface area contributed by atoms with Crippen molar-refractivity contribution in [1.82, 2.24) is 14.5 Å². The lowest BCUT2D eigenvalue weighted by Gasteiger charge is -2.35. The van der Waals surface area contributed by atoms with E-state index in [9.17, 15) is 24.0 Å². The summed E-state index contributed by atoms with van der Waals surface area (Å²) in [5.41, 5.74) is 2.56. The maximum Gasteiger partial charge on any atom is 0.514 e. The van der Waals surface area contributed by atoms with E-state index in [0.717, 1.165) is 48.4 Å². The molecule has 0 spiro atoms. The fraction of sp³-hybridized carbons (Fsp3) is 0.455. The first-order chi connectivity index (χ1) is 29.7. The van der Waals surface area contributed by atoms with Gasteiger partial charge < -0.3 is 42.8 Å². The summed E-state index contributed by atoms with van der Waals surface area (Å²) in [6.07, 6.45) is -1.88. The van der Waals surface area contributed by atoms with E-state index in [0.29, 0.717) is 46.3 Å². The van der Waals surface area contributed by atoms with Gasteiger partial charge in [-0.3, -0.25) is 10.1 Å². The molecule has 5 heterocycles. The zero-order chi connectivity index (χ0) is 44.2. The van der Waals surface area contributed by atoms with Crippen LogP contribution in [0.2, 0.25) is 0 Å². The second-order valence-corrected chi connectivity index (χ2v) is 18.7. The van der Waals surface area contributed by atoms with Gasteiger partial charge in [-0.25, -0.2) is 24.2 Å². The van der Waals surface area contributed by atoms with Crippen molar-refractivity contribution in [2.45, 2.75) is 71.8 Å². The number of carbonyl (C=O) groups is 4. The Labute approximate surface area is 367 Å². The molecule has 1 amide bonds. The molecular formula is C44H51N5O11S2. The Balaban J connectivity index is 0.934. The number of cyclic esters (lactones) is 1. The minimum absolute atomic E-state index is 0.0183. The molecule has 18 heteroatoms. The molecule has 2 aromatic heterocycles. The molecule has 2 aromatic carbocycles. The second kappa shape index (κ2) is 18.9. The summed E-state index contributed by atoms with van der Waals surface area (Å²) in [6.45, 7) is 12.9.